The van der Waals surface area contributed by atoms with Crippen LogP contribution in [0.15, 0.2) is 27.8 Å². The highest BCUT2D eigenvalue weighted by atomic mass is 35.5. The predicted octanol–water partition coefficient (Wildman–Crippen LogP) is 3.28. The van der Waals surface area contributed by atoms with E-state index in [0.717, 1.165) is 0 Å². The van der Waals surface area contributed by atoms with Crippen molar-refractivity contribution in [2.45, 2.75) is 29.9 Å². The Morgan fingerprint density at radius 1 is 1.50 bits per heavy atom. The molecule has 18 heavy (non-hydrogen) atoms. The lowest BCUT2D eigenvalue weighted by atomic mass is 10.3. The lowest BCUT2D eigenvalue weighted by Gasteiger charge is -1.99. The molecule has 0 spiro atoms. The van der Waals surface area contributed by atoms with E-state index in [0.29, 0.717) is 27.8 Å². The second-order valence-corrected chi connectivity index (χ2v) is 5.77. The summed E-state index contributed by atoms with van der Waals surface area (Å²) < 4.78 is 10.6. The van der Waals surface area contributed by atoms with E-state index in [9.17, 15) is 4.79 Å². The average Bonchev–Trinajstić information content (AvgIpc) is 2.82. The number of halogens is 1. The number of thioether (sulfide) groups is 1. The van der Waals surface area contributed by atoms with Crippen molar-refractivity contribution >= 4 is 40.4 Å². The van der Waals surface area contributed by atoms with Crippen LogP contribution in [0.4, 0.5) is 0 Å². The molecule has 2 aromatic rings. The molecule has 3 rings (SSSR count). The third-order valence-electron chi connectivity index (χ3n) is 2.70. The number of fused-ring (bicyclic) bond motifs is 1. The highest BCUT2D eigenvalue weighted by Crippen LogP contribution is 2.33. The Labute approximate surface area is 113 Å². The first-order valence-electron chi connectivity index (χ1n) is 5.55. The van der Waals surface area contributed by atoms with Crippen LogP contribution in [0.2, 0.25) is 5.02 Å². The van der Waals surface area contributed by atoms with Crippen molar-refractivity contribution in [3.05, 3.63) is 23.2 Å². The first kappa shape index (κ1) is 11.9. The molecular weight excluding hydrogens is 274 g/mol. The summed E-state index contributed by atoms with van der Waals surface area (Å²) in [6.07, 6.45) is 0.650. The number of carbonyl (C=O) groups is 1. The van der Waals surface area contributed by atoms with Gasteiger partial charge in [0.25, 0.3) is 5.22 Å². The SMILES string of the molecule is C[C@H]1C[C@@H](Sc2nc3cc(Cl)ccc3o2)C(=O)O1. The average molecular weight is 284 g/mol. The standard InChI is InChI=1S/C12H10ClNO3S/c1-6-4-10(11(15)16-6)18-12-14-8-5-7(13)2-3-9(8)17-12/h2-3,5-6,10H,4H2,1H3/t6-,10+/m0/s1. The van der Waals surface area contributed by atoms with Gasteiger partial charge < -0.3 is 9.15 Å². The fraction of sp³-hybridized carbons (Fsp3) is 0.333. The molecule has 1 fully saturated rings. The monoisotopic (exact) mass is 283 g/mol. The Kier molecular flexibility index (Phi) is 2.95. The minimum atomic E-state index is -0.233. The predicted molar refractivity (Wildman–Crippen MR) is 68.8 cm³/mol. The molecule has 0 saturated carbocycles. The normalized spacial score (nSPS) is 23.6. The molecule has 0 bridgehead atoms. The van der Waals surface area contributed by atoms with Gasteiger partial charge in [-0.2, -0.15) is 0 Å². The Morgan fingerprint density at radius 2 is 2.33 bits per heavy atom. The first-order valence-corrected chi connectivity index (χ1v) is 6.81. The number of hydrogen-bond acceptors (Lipinski definition) is 5. The lowest BCUT2D eigenvalue weighted by molar-refractivity contribution is -0.140. The topological polar surface area (TPSA) is 52.3 Å². The zero-order chi connectivity index (χ0) is 12.7. The van der Waals surface area contributed by atoms with Crippen LogP contribution < -0.4 is 0 Å². The molecule has 1 aliphatic rings. The molecule has 0 unspecified atom stereocenters. The van der Waals surface area contributed by atoms with Crippen LogP contribution >= 0.6 is 23.4 Å². The largest absolute Gasteiger partial charge is 0.462 e. The molecular formula is C12H10ClNO3S. The smallest absolute Gasteiger partial charge is 0.320 e. The van der Waals surface area contributed by atoms with E-state index >= 15 is 0 Å². The van der Waals surface area contributed by atoms with E-state index in [4.69, 9.17) is 20.8 Å². The number of rotatable bonds is 2. The number of nitrogens with zero attached hydrogens (tertiary/aromatic N) is 1. The second-order valence-electron chi connectivity index (χ2n) is 4.18. The van der Waals surface area contributed by atoms with E-state index in [1.165, 1.54) is 11.8 Å². The van der Waals surface area contributed by atoms with Gasteiger partial charge in [0.05, 0.1) is 0 Å². The van der Waals surface area contributed by atoms with Gasteiger partial charge in [0.2, 0.25) is 0 Å². The van der Waals surface area contributed by atoms with Crippen LogP contribution in [-0.4, -0.2) is 22.3 Å². The fourth-order valence-corrected chi connectivity index (χ4v) is 3.09. The van der Waals surface area contributed by atoms with Crippen molar-refractivity contribution in [2.75, 3.05) is 0 Å². The number of cyclic esters (lactones) is 1. The molecule has 94 valence electrons. The Bertz CT molecular complexity index is 612. The van der Waals surface area contributed by atoms with Gasteiger partial charge in [0, 0.05) is 11.4 Å². The van der Waals surface area contributed by atoms with E-state index in [1.54, 1.807) is 18.2 Å². The minimum Gasteiger partial charge on any atom is -0.462 e. The zero-order valence-corrected chi connectivity index (χ0v) is 11.1. The van der Waals surface area contributed by atoms with Crippen LogP contribution in [0.3, 0.4) is 0 Å². The molecule has 0 aliphatic carbocycles. The molecule has 1 aliphatic heterocycles. The van der Waals surface area contributed by atoms with E-state index in [1.807, 2.05) is 6.92 Å². The molecule has 4 nitrogen and oxygen atoms in total. The summed E-state index contributed by atoms with van der Waals surface area (Å²) in [4.78, 5) is 15.8. The summed E-state index contributed by atoms with van der Waals surface area (Å²) in [6, 6.07) is 5.25. The van der Waals surface area contributed by atoms with Gasteiger partial charge in [-0.15, -0.1) is 0 Å². The first-order chi connectivity index (χ1) is 8.61. The maximum Gasteiger partial charge on any atom is 0.320 e. The number of hydrogen-bond donors (Lipinski definition) is 0. The number of aromatic nitrogens is 1. The van der Waals surface area contributed by atoms with Crippen LogP contribution in [0.25, 0.3) is 11.1 Å². The van der Waals surface area contributed by atoms with Gasteiger partial charge in [-0.05, 0) is 25.1 Å². The number of esters is 1. The molecule has 0 radical (unpaired) electrons. The van der Waals surface area contributed by atoms with Gasteiger partial charge in [0.15, 0.2) is 5.58 Å². The molecule has 1 saturated heterocycles. The van der Waals surface area contributed by atoms with E-state index in [-0.39, 0.29) is 17.3 Å². The molecule has 2 atom stereocenters. The van der Waals surface area contributed by atoms with Crippen molar-refractivity contribution in [1.82, 2.24) is 4.98 Å². The number of benzene rings is 1. The third-order valence-corrected chi connectivity index (χ3v) is 3.98. The summed E-state index contributed by atoms with van der Waals surface area (Å²) in [6.45, 7) is 1.88. The second kappa shape index (κ2) is 4.48. The van der Waals surface area contributed by atoms with Crippen molar-refractivity contribution in [3.8, 4) is 0 Å². The Morgan fingerprint density at radius 3 is 3.06 bits per heavy atom. The van der Waals surface area contributed by atoms with Crippen molar-refractivity contribution in [3.63, 3.8) is 0 Å². The van der Waals surface area contributed by atoms with Crippen molar-refractivity contribution in [1.29, 1.82) is 0 Å². The molecule has 1 aromatic carbocycles. The zero-order valence-electron chi connectivity index (χ0n) is 9.55. The summed E-state index contributed by atoms with van der Waals surface area (Å²) in [5.41, 5.74) is 1.37. The summed E-state index contributed by atoms with van der Waals surface area (Å²) in [5, 5.41) is 0.855. The summed E-state index contributed by atoms with van der Waals surface area (Å²) in [7, 11) is 0. The fourth-order valence-electron chi connectivity index (χ4n) is 1.87. The number of oxazole rings is 1. The van der Waals surface area contributed by atoms with Gasteiger partial charge in [0.1, 0.15) is 16.9 Å². The van der Waals surface area contributed by atoms with E-state index in [2.05, 4.69) is 4.98 Å². The van der Waals surface area contributed by atoms with Crippen LogP contribution in [-0.2, 0) is 9.53 Å². The third kappa shape index (κ3) is 2.20. The van der Waals surface area contributed by atoms with Gasteiger partial charge >= 0.3 is 5.97 Å². The van der Waals surface area contributed by atoms with Crippen LogP contribution in [0.5, 0.6) is 0 Å². The molecule has 0 amide bonds. The highest BCUT2D eigenvalue weighted by Gasteiger charge is 2.34. The van der Waals surface area contributed by atoms with Crippen molar-refractivity contribution < 1.29 is 13.9 Å². The number of ether oxygens (including phenoxy) is 1. The molecule has 1 aromatic heterocycles. The van der Waals surface area contributed by atoms with Gasteiger partial charge in [-0.1, -0.05) is 23.4 Å². The van der Waals surface area contributed by atoms with Crippen molar-refractivity contribution in [2.24, 2.45) is 0 Å². The Hall–Kier alpha value is -1.20. The summed E-state index contributed by atoms with van der Waals surface area (Å²) >= 11 is 7.18. The highest BCUT2D eigenvalue weighted by molar-refractivity contribution is 8.00. The maximum absolute atomic E-state index is 11.5. The molecule has 2 heterocycles. The maximum atomic E-state index is 11.5. The van der Waals surface area contributed by atoms with Crippen LogP contribution in [0, 0.1) is 0 Å². The van der Waals surface area contributed by atoms with Gasteiger partial charge in [-0.25, -0.2) is 4.98 Å². The number of carbonyl (C=O) groups excluding carboxylic acids is 1. The quantitative estimate of drug-likeness (QED) is 0.792. The van der Waals surface area contributed by atoms with Gasteiger partial charge in [-0.3, -0.25) is 4.79 Å². The Balaban J connectivity index is 1.85. The summed E-state index contributed by atoms with van der Waals surface area (Å²) in [5.74, 6) is -0.201. The van der Waals surface area contributed by atoms with Crippen LogP contribution in [0.1, 0.15) is 13.3 Å². The molecule has 6 heteroatoms. The minimum absolute atomic E-state index is 0.0335. The van der Waals surface area contributed by atoms with E-state index < -0.39 is 0 Å². The lowest BCUT2D eigenvalue weighted by Crippen LogP contribution is -2.09. The molecule has 0 N–H and O–H groups in total.